The first-order valence-corrected chi connectivity index (χ1v) is 10.5. The van der Waals surface area contributed by atoms with Crippen molar-refractivity contribution in [1.29, 1.82) is 0 Å². The van der Waals surface area contributed by atoms with Crippen LogP contribution in [0.25, 0.3) is 0 Å². The molecule has 1 atom stereocenters. The van der Waals surface area contributed by atoms with Gasteiger partial charge in [-0.15, -0.1) is 0 Å². The van der Waals surface area contributed by atoms with Crippen LogP contribution < -0.4 is 10.2 Å². The van der Waals surface area contributed by atoms with Crippen molar-refractivity contribution in [3.05, 3.63) is 59.7 Å². The number of nitrogens with zero attached hydrogens (tertiary/aromatic N) is 2. The third-order valence-corrected chi connectivity index (χ3v) is 5.75. The number of amides is 3. The standard InChI is InChI=1S/C24H25N3O5/c1-15(27-20(28)16-9-4-5-10-17(16)21(27)29)22(30)32-14-8-13-26-19-12-7-6-11-18(19)25-24(2,3)23(26)31/h4-7,9-12,15,25H,8,13-14H2,1-3H3. The van der Waals surface area contributed by atoms with Crippen molar-refractivity contribution < 1.29 is 23.9 Å². The summed E-state index contributed by atoms with van der Waals surface area (Å²) in [6, 6.07) is 13.0. The van der Waals surface area contributed by atoms with Crippen LogP contribution in [-0.2, 0) is 14.3 Å². The topological polar surface area (TPSA) is 96.0 Å². The van der Waals surface area contributed by atoms with Gasteiger partial charge in [-0.1, -0.05) is 24.3 Å². The van der Waals surface area contributed by atoms with E-state index in [1.54, 1.807) is 29.2 Å². The molecule has 32 heavy (non-hydrogen) atoms. The summed E-state index contributed by atoms with van der Waals surface area (Å²) in [4.78, 5) is 53.1. The lowest BCUT2D eigenvalue weighted by Crippen LogP contribution is -2.54. The molecule has 166 valence electrons. The number of para-hydroxylation sites is 2. The monoisotopic (exact) mass is 435 g/mol. The Labute approximate surface area is 186 Å². The molecule has 0 radical (unpaired) electrons. The van der Waals surface area contributed by atoms with Gasteiger partial charge in [-0.25, -0.2) is 4.79 Å². The number of ether oxygens (including phenoxy) is 1. The molecule has 0 fully saturated rings. The summed E-state index contributed by atoms with van der Waals surface area (Å²) in [7, 11) is 0. The normalized spacial score (nSPS) is 17.5. The van der Waals surface area contributed by atoms with Crippen LogP contribution in [0.5, 0.6) is 0 Å². The zero-order chi connectivity index (χ0) is 23.0. The highest BCUT2D eigenvalue weighted by atomic mass is 16.5. The van der Waals surface area contributed by atoms with E-state index in [9.17, 15) is 19.2 Å². The third-order valence-electron chi connectivity index (χ3n) is 5.75. The van der Waals surface area contributed by atoms with Crippen molar-refractivity contribution in [1.82, 2.24) is 4.90 Å². The van der Waals surface area contributed by atoms with E-state index in [2.05, 4.69) is 5.32 Å². The minimum Gasteiger partial charge on any atom is -0.464 e. The number of benzene rings is 2. The molecule has 2 heterocycles. The second-order valence-corrected chi connectivity index (χ2v) is 8.45. The van der Waals surface area contributed by atoms with Crippen LogP contribution in [0.3, 0.4) is 0 Å². The van der Waals surface area contributed by atoms with Crippen LogP contribution in [0, 0.1) is 0 Å². The molecule has 8 heteroatoms. The Morgan fingerprint density at radius 3 is 2.25 bits per heavy atom. The summed E-state index contributed by atoms with van der Waals surface area (Å²) >= 11 is 0. The molecule has 0 aliphatic carbocycles. The van der Waals surface area contributed by atoms with Crippen molar-refractivity contribution in [2.75, 3.05) is 23.4 Å². The molecular weight excluding hydrogens is 410 g/mol. The largest absolute Gasteiger partial charge is 0.464 e. The van der Waals surface area contributed by atoms with Crippen molar-refractivity contribution in [3.63, 3.8) is 0 Å². The molecule has 0 aromatic heterocycles. The molecule has 0 spiro atoms. The molecule has 2 aliphatic heterocycles. The predicted molar refractivity (Wildman–Crippen MR) is 118 cm³/mol. The highest BCUT2D eigenvalue weighted by molar-refractivity contribution is 6.22. The number of carbonyl (C=O) groups excluding carboxylic acids is 4. The van der Waals surface area contributed by atoms with E-state index in [0.717, 1.165) is 16.3 Å². The molecular formula is C24H25N3O5. The minimum absolute atomic E-state index is 0.0617. The Morgan fingerprint density at radius 1 is 1.00 bits per heavy atom. The van der Waals surface area contributed by atoms with Crippen LogP contribution in [0.15, 0.2) is 48.5 Å². The van der Waals surface area contributed by atoms with Gasteiger partial charge in [0.2, 0.25) is 0 Å². The first kappa shape index (κ1) is 21.5. The molecule has 8 nitrogen and oxygen atoms in total. The number of hydrogen-bond acceptors (Lipinski definition) is 6. The lowest BCUT2D eigenvalue weighted by Gasteiger charge is -2.40. The second kappa shape index (κ2) is 8.11. The molecule has 0 saturated heterocycles. The summed E-state index contributed by atoms with van der Waals surface area (Å²) in [5, 5.41) is 3.24. The average molecular weight is 435 g/mol. The number of fused-ring (bicyclic) bond motifs is 2. The number of anilines is 2. The van der Waals surface area contributed by atoms with Crippen molar-refractivity contribution in [2.24, 2.45) is 0 Å². The maximum Gasteiger partial charge on any atom is 0.329 e. The van der Waals surface area contributed by atoms with Gasteiger partial charge in [0.05, 0.1) is 29.1 Å². The molecule has 4 rings (SSSR count). The van der Waals surface area contributed by atoms with Gasteiger partial charge in [-0.05, 0) is 51.5 Å². The Morgan fingerprint density at radius 2 is 1.59 bits per heavy atom. The molecule has 1 N–H and O–H groups in total. The first-order valence-electron chi connectivity index (χ1n) is 10.5. The molecule has 1 unspecified atom stereocenters. The molecule has 3 amide bonds. The zero-order valence-corrected chi connectivity index (χ0v) is 18.3. The average Bonchev–Trinajstić information content (AvgIpc) is 3.03. The fourth-order valence-corrected chi connectivity index (χ4v) is 4.05. The van der Waals surface area contributed by atoms with E-state index < -0.39 is 29.4 Å². The Bertz CT molecular complexity index is 1080. The minimum atomic E-state index is -1.04. The lowest BCUT2D eigenvalue weighted by atomic mass is 9.98. The van der Waals surface area contributed by atoms with Gasteiger partial charge in [-0.2, -0.15) is 0 Å². The fourth-order valence-electron chi connectivity index (χ4n) is 4.05. The van der Waals surface area contributed by atoms with Gasteiger partial charge in [-0.3, -0.25) is 19.3 Å². The molecule has 0 bridgehead atoms. The van der Waals surface area contributed by atoms with E-state index in [1.165, 1.54) is 6.92 Å². The Kier molecular flexibility index (Phi) is 5.46. The van der Waals surface area contributed by atoms with E-state index in [4.69, 9.17) is 4.74 Å². The summed E-state index contributed by atoms with van der Waals surface area (Å²) in [6.45, 7) is 5.55. The van der Waals surface area contributed by atoms with Crippen LogP contribution in [0.1, 0.15) is 47.9 Å². The van der Waals surface area contributed by atoms with E-state index in [-0.39, 0.29) is 23.6 Å². The van der Waals surface area contributed by atoms with Gasteiger partial charge in [0.15, 0.2) is 0 Å². The van der Waals surface area contributed by atoms with Crippen LogP contribution >= 0.6 is 0 Å². The van der Waals surface area contributed by atoms with Gasteiger partial charge >= 0.3 is 5.97 Å². The lowest BCUT2D eigenvalue weighted by molar-refractivity contribution is -0.147. The van der Waals surface area contributed by atoms with Crippen LogP contribution in [0.2, 0.25) is 0 Å². The number of hydrogen-bond donors (Lipinski definition) is 1. The quantitative estimate of drug-likeness (QED) is 0.426. The van der Waals surface area contributed by atoms with Gasteiger partial charge < -0.3 is 15.0 Å². The maximum atomic E-state index is 12.9. The predicted octanol–water partition coefficient (Wildman–Crippen LogP) is 2.84. The number of carbonyl (C=O) groups is 4. The third kappa shape index (κ3) is 3.62. The summed E-state index contributed by atoms with van der Waals surface area (Å²) in [5.41, 5.74) is 1.48. The van der Waals surface area contributed by atoms with Gasteiger partial charge in [0.25, 0.3) is 17.7 Å². The van der Waals surface area contributed by atoms with E-state index in [0.29, 0.717) is 13.0 Å². The Balaban J connectivity index is 1.35. The molecule has 0 saturated carbocycles. The number of imide groups is 1. The van der Waals surface area contributed by atoms with Crippen molar-refractivity contribution >= 4 is 35.1 Å². The highest BCUT2D eigenvalue weighted by Gasteiger charge is 2.41. The van der Waals surface area contributed by atoms with Crippen molar-refractivity contribution in [2.45, 2.75) is 38.8 Å². The van der Waals surface area contributed by atoms with Crippen molar-refractivity contribution in [3.8, 4) is 0 Å². The zero-order valence-electron chi connectivity index (χ0n) is 18.3. The molecule has 2 aromatic rings. The summed E-state index contributed by atoms with van der Waals surface area (Å²) in [6.07, 6.45) is 0.413. The number of esters is 1. The maximum absolute atomic E-state index is 12.9. The Hall–Kier alpha value is -3.68. The fraction of sp³-hybridized carbons (Fsp3) is 0.333. The molecule has 2 aliphatic rings. The number of nitrogens with one attached hydrogen (secondary N) is 1. The molecule has 2 aromatic carbocycles. The second-order valence-electron chi connectivity index (χ2n) is 8.45. The van der Waals surface area contributed by atoms with E-state index >= 15 is 0 Å². The number of rotatable bonds is 6. The van der Waals surface area contributed by atoms with Gasteiger partial charge in [0, 0.05) is 6.54 Å². The van der Waals surface area contributed by atoms with Crippen LogP contribution in [0.4, 0.5) is 11.4 Å². The summed E-state index contributed by atoms with van der Waals surface area (Å²) in [5.74, 6) is -1.73. The smallest absolute Gasteiger partial charge is 0.329 e. The van der Waals surface area contributed by atoms with Crippen LogP contribution in [-0.4, -0.2) is 53.3 Å². The van der Waals surface area contributed by atoms with Gasteiger partial charge in [0.1, 0.15) is 11.6 Å². The highest BCUT2D eigenvalue weighted by Crippen LogP contribution is 2.35. The van der Waals surface area contributed by atoms with E-state index in [1.807, 2.05) is 38.1 Å². The summed E-state index contributed by atoms with van der Waals surface area (Å²) < 4.78 is 5.34. The first-order chi connectivity index (χ1) is 15.2. The SMILES string of the molecule is CC(C(=O)OCCCN1C(=O)C(C)(C)Nc2ccccc21)N1C(=O)c2ccccc2C1=O.